The quantitative estimate of drug-likeness (QED) is 0.650. The van der Waals surface area contributed by atoms with Gasteiger partial charge in [0, 0.05) is 17.5 Å². The van der Waals surface area contributed by atoms with E-state index >= 15 is 0 Å². The number of carbonyl (C=O) groups excluding carboxylic acids is 2. The second-order valence-electron chi connectivity index (χ2n) is 6.09. The zero-order chi connectivity index (χ0) is 20.7. The fraction of sp³-hybridized carbons (Fsp3) is 0.368. The molecule has 0 atom stereocenters. The van der Waals surface area contributed by atoms with Crippen molar-refractivity contribution in [2.24, 2.45) is 0 Å². The molecule has 1 amide bonds. The lowest BCUT2D eigenvalue weighted by Crippen LogP contribution is -2.32. The maximum absolute atomic E-state index is 12.4. The van der Waals surface area contributed by atoms with Crippen molar-refractivity contribution in [3.8, 4) is 11.1 Å². The molecule has 0 saturated heterocycles. The highest BCUT2D eigenvalue weighted by Crippen LogP contribution is 2.36. The number of hydrogen-bond donors (Lipinski definition) is 1. The minimum Gasteiger partial charge on any atom is -0.462 e. The van der Waals surface area contributed by atoms with E-state index in [2.05, 4.69) is 5.32 Å². The summed E-state index contributed by atoms with van der Waals surface area (Å²) in [6, 6.07) is 9.17. The van der Waals surface area contributed by atoms with Gasteiger partial charge in [0.1, 0.15) is 10.6 Å². The Labute approximate surface area is 165 Å². The van der Waals surface area contributed by atoms with E-state index in [-0.39, 0.29) is 25.3 Å². The van der Waals surface area contributed by atoms with Gasteiger partial charge < -0.3 is 10.1 Å². The minimum absolute atomic E-state index is 0.177. The van der Waals surface area contributed by atoms with Gasteiger partial charge in [0.15, 0.2) is 0 Å². The van der Waals surface area contributed by atoms with Crippen molar-refractivity contribution in [3.05, 3.63) is 41.3 Å². The number of amides is 1. The van der Waals surface area contributed by atoms with Gasteiger partial charge in [-0.1, -0.05) is 30.3 Å². The van der Waals surface area contributed by atoms with Crippen LogP contribution in [0.15, 0.2) is 35.7 Å². The van der Waals surface area contributed by atoms with Gasteiger partial charge in [0.25, 0.3) is 0 Å². The smallest absolute Gasteiger partial charge is 0.390 e. The summed E-state index contributed by atoms with van der Waals surface area (Å²) in [5, 5.41) is 4.68. The molecule has 0 saturated carbocycles. The molecule has 1 heterocycles. The first-order valence-electron chi connectivity index (χ1n) is 8.60. The molecule has 1 N–H and O–H groups in total. The van der Waals surface area contributed by atoms with Crippen LogP contribution in [-0.4, -0.2) is 49.7 Å². The van der Waals surface area contributed by atoms with E-state index in [4.69, 9.17) is 4.74 Å². The van der Waals surface area contributed by atoms with Crippen LogP contribution in [0.25, 0.3) is 11.1 Å². The molecular formula is C19H21F3N2O3S. The van der Waals surface area contributed by atoms with Crippen LogP contribution in [0.3, 0.4) is 0 Å². The first-order valence-corrected chi connectivity index (χ1v) is 9.48. The lowest BCUT2D eigenvalue weighted by molar-refractivity contribution is -0.138. The fourth-order valence-corrected chi connectivity index (χ4v) is 3.47. The van der Waals surface area contributed by atoms with Crippen molar-refractivity contribution in [3.63, 3.8) is 0 Å². The summed E-state index contributed by atoms with van der Waals surface area (Å²) in [4.78, 5) is 26.0. The van der Waals surface area contributed by atoms with Crippen molar-refractivity contribution >= 4 is 28.2 Å². The largest absolute Gasteiger partial charge is 0.462 e. The van der Waals surface area contributed by atoms with Crippen LogP contribution in [0.4, 0.5) is 18.2 Å². The Balaban J connectivity index is 2.15. The van der Waals surface area contributed by atoms with Crippen LogP contribution in [0.5, 0.6) is 0 Å². The van der Waals surface area contributed by atoms with Gasteiger partial charge in [-0.25, -0.2) is 4.79 Å². The highest BCUT2D eigenvalue weighted by molar-refractivity contribution is 7.15. The predicted molar refractivity (Wildman–Crippen MR) is 103 cm³/mol. The van der Waals surface area contributed by atoms with Crippen molar-refractivity contribution < 1.29 is 27.5 Å². The molecule has 9 heteroatoms. The van der Waals surface area contributed by atoms with Crippen LogP contribution >= 0.6 is 11.3 Å². The summed E-state index contributed by atoms with van der Waals surface area (Å²) in [6.45, 7) is 1.34. The minimum atomic E-state index is -4.28. The van der Waals surface area contributed by atoms with Crippen LogP contribution < -0.4 is 5.32 Å². The molecule has 0 aliphatic rings. The normalized spacial score (nSPS) is 11.5. The lowest BCUT2D eigenvalue weighted by Gasteiger charge is -2.17. The van der Waals surface area contributed by atoms with Gasteiger partial charge in [0.05, 0.1) is 19.6 Å². The average Bonchev–Trinajstić information content (AvgIpc) is 3.04. The van der Waals surface area contributed by atoms with E-state index < -0.39 is 24.5 Å². The summed E-state index contributed by atoms with van der Waals surface area (Å²) < 4.78 is 42.0. The van der Waals surface area contributed by atoms with E-state index in [1.807, 2.05) is 30.3 Å². The third kappa shape index (κ3) is 6.35. The number of esters is 1. The molecule has 5 nitrogen and oxygen atoms in total. The predicted octanol–water partition coefficient (Wildman–Crippen LogP) is 4.41. The van der Waals surface area contributed by atoms with Crippen molar-refractivity contribution in [2.45, 2.75) is 19.5 Å². The van der Waals surface area contributed by atoms with Crippen molar-refractivity contribution in [1.29, 1.82) is 0 Å². The number of alkyl halides is 3. The third-order valence-corrected chi connectivity index (χ3v) is 4.69. The van der Waals surface area contributed by atoms with Crippen LogP contribution in [0.1, 0.15) is 23.7 Å². The van der Waals surface area contributed by atoms with Crippen molar-refractivity contribution in [1.82, 2.24) is 4.90 Å². The second-order valence-corrected chi connectivity index (χ2v) is 6.97. The number of hydrogen-bond acceptors (Lipinski definition) is 5. The number of anilines is 1. The number of nitrogens with zero attached hydrogens (tertiary/aromatic N) is 1. The molecule has 2 rings (SSSR count). The van der Waals surface area contributed by atoms with Crippen LogP contribution in [0.2, 0.25) is 0 Å². The molecule has 2 aromatic rings. The molecule has 0 radical (unpaired) electrons. The number of benzene rings is 1. The summed E-state index contributed by atoms with van der Waals surface area (Å²) in [7, 11) is 1.43. The number of halogens is 3. The Morgan fingerprint density at radius 1 is 1.21 bits per heavy atom. The SMILES string of the molecule is CCOC(=O)c1c(-c2ccccc2)csc1NC(=O)CN(C)CCC(F)(F)F. The van der Waals surface area contributed by atoms with E-state index in [0.29, 0.717) is 10.6 Å². The fourth-order valence-electron chi connectivity index (χ4n) is 2.49. The summed E-state index contributed by atoms with van der Waals surface area (Å²) in [5.41, 5.74) is 1.67. The molecule has 28 heavy (non-hydrogen) atoms. The van der Waals surface area contributed by atoms with Crippen LogP contribution in [-0.2, 0) is 9.53 Å². The highest BCUT2D eigenvalue weighted by atomic mass is 32.1. The van der Waals surface area contributed by atoms with Crippen molar-refractivity contribution in [2.75, 3.05) is 32.1 Å². The average molecular weight is 414 g/mol. The van der Waals surface area contributed by atoms with Gasteiger partial charge >= 0.3 is 12.1 Å². The molecule has 0 bridgehead atoms. The van der Waals surface area contributed by atoms with E-state index in [1.54, 1.807) is 12.3 Å². The third-order valence-electron chi connectivity index (χ3n) is 3.80. The maximum atomic E-state index is 12.4. The van der Waals surface area contributed by atoms with Gasteiger partial charge in [-0.05, 0) is 19.5 Å². The number of thiophene rings is 1. The topological polar surface area (TPSA) is 58.6 Å². The molecule has 0 spiro atoms. The number of rotatable bonds is 8. The summed E-state index contributed by atoms with van der Waals surface area (Å²) in [6.07, 6.45) is -5.28. The molecule has 0 fully saturated rings. The Bertz CT molecular complexity index is 807. The Kier molecular flexibility index (Phi) is 7.59. The molecule has 0 aliphatic carbocycles. The van der Waals surface area contributed by atoms with Gasteiger partial charge in [-0.2, -0.15) is 13.2 Å². The number of nitrogens with one attached hydrogen (secondary N) is 1. The number of likely N-dealkylation sites (N-methyl/N-ethyl adjacent to an activating group) is 1. The van der Waals surface area contributed by atoms with E-state index in [9.17, 15) is 22.8 Å². The lowest BCUT2D eigenvalue weighted by atomic mass is 10.0. The first-order chi connectivity index (χ1) is 13.2. The molecule has 1 aromatic heterocycles. The Morgan fingerprint density at radius 3 is 2.50 bits per heavy atom. The van der Waals surface area contributed by atoms with Gasteiger partial charge in [0.2, 0.25) is 5.91 Å². The maximum Gasteiger partial charge on any atom is 0.390 e. The second kappa shape index (κ2) is 9.70. The number of ether oxygens (including phenoxy) is 1. The molecule has 0 aliphatic heterocycles. The van der Waals surface area contributed by atoms with Gasteiger partial charge in [-0.15, -0.1) is 11.3 Å². The standard InChI is InChI=1S/C19H21F3N2O3S/c1-3-27-18(26)16-14(13-7-5-4-6-8-13)12-28-17(16)23-15(25)11-24(2)10-9-19(20,21)22/h4-8,12H,3,9-11H2,1-2H3,(H,23,25). The number of carbonyl (C=O) groups is 2. The van der Waals surface area contributed by atoms with Crippen LogP contribution in [0, 0.1) is 0 Å². The molecule has 1 aromatic carbocycles. The first kappa shape index (κ1) is 21.9. The summed E-state index contributed by atoms with van der Waals surface area (Å²) >= 11 is 1.17. The zero-order valence-corrected chi connectivity index (χ0v) is 16.3. The zero-order valence-electron chi connectivity index (χ0n) is 15.5. The molecule has 0 unspecified atom stereocenters. The molecular weight excluding hydrogens is 393 g/mol. The Hall–Kier alpha value is -2.39. The van der Waals surface area contributed by atoms with Gasteiger partial charge in [-0.3, -0.25) is 9.69 Å². The monoisotopic (exact) mass is 414 g/mol. The highest BCUT2D eigenvalue weighted by Gasteiger charge is 2.28. The molecule has 152 valence electrons. The van der Waals surface area contributed by atoms with E-state index in [0.717, 1.165) is 5.56 Å². The summed E-state index contributed by atoms with van der Waals surface area (Å²) in [5.74, 6) is -1.07. The Morgan fingerprint density at radius 2 is 1.89 bits per heavy atom. The van der Waals surface area contributed by atoms with E-state index in [1.165, 1.54) is 23.3 Å².